The first-order chi connectivity index (χ1) is 19.4. The number of aliphatic hydroxyl groups is 1. The van der Waals surface area contributed by atoms with Crippen LogP contribution in [-0.4, -0.2) is 34.8 Å². The van der Waals surface area contributed by atoms with Crippen molar-refractivity contribution in [3.8, 4) is 11.5 Å². The van der Waals surface area contributed by atoms with Crippen molar-refractivity contribution in [3.63, 3.8) is 0 Å². The Morgan fingerprint density at radius 2 is 1.45 bits per heavy atom. The van der Waals surface area contributed by atoms with E-state index in [1.165, 1.54) is 10.8 Å². The fraction of sp³-hybridized carbons (Fsp3) is 0.250. The molecule has 1 unspecified atom stereocenters. The number of ether oxygens (including phenoxy) is 2. The first kappa shape index (κ1) is 35.6. The van der Waals surface area contributed by atoms with E-state index < -0.39 is 24.6 Å². The van der Waals surface area contributed by atoms with Gasteiger partial charge in [-0.15, -0.1) is 0 Å². The molecule has 4 rings (SSSR count). The van der Waals surface area contributed by atoms with Crippen LogP contribution in [0.4, 0.5) is 0 Å². The molecule has 0 aliphatic carbocycles. The number of aliphatic hydroxyl groups excluding tert-OH is 1. The van der Waals surface area contributed by atoms with Gasteiger partial charge >= 0.3 is 59.1 Å². The van der Waals surface area contributed by atoms with Gasteiger partial charge in [-0.25, -0.2) is 0 Å². The van der Waals surface area contributed by atoms with Crippen LogP contribution in [0, 0.1) is 0 Å². The number of unbranched alkanes of at least 4 members (excludes halogenated alkanes) is 1. The molecule has 0 saturated carbocycles. The van der Waals surface area contributed by atoms with E-state index >= 15 is 0 Å². The van der Waals surface area contributed by atoms with E-state index in [1.807, 2.05) is 78.9 Å². The zero-order valence-electron chi connectivity index (χ0n) is 24.0. The molecule has 1 heterocycles. The third-order valence-electron chi connectivity index (χ3n) is 6.40. The smallest absolute Gasteiger partial charge is 0.550 e. The number of nitrogens with zero attached hydrogens (tertiary/aromatic N) is 1. The average Bonchev–Trinajstić information content (AvgIpc) is 3.32. The van der Waals surface area contributed by atoms with Gasteiger partial charge < -0.3 is 38.9 Å². The average molecular weight is 588 g/mol. The standard InChI is InChI=1S/C32H33NO7.2Na/c34-29(17-18-30(35)36)28-21-33(22-31(37)38)32-24(7-6-10-27(28)32)14-11-23-12-15-26(16-13-23)40-20-5-4-19-39-25-8-2-1-3-9-25;;/h1-3,6-16,21,29,34H,4-5,17-20,22H2,(H,35,36)(H,37,38);;/q;2*+1/p-2/b14-11+;;. The van der Waals surface area contributed by atoms with Crippen LogP contribution < -0.4 is 78.8 Å². The summed E-state index contributed by atoms with van der Waals surface area (Å²) < 4.78 is 13.0. The molecule has 1 aromatic heterocycles. The summed E-state index contributed by atoms with van der Waals surface area (Å²) in [6.45, 7) is 0.817. The number of carboxylic acids is 2. The molecular formula is C32H31NNa2O7. The molecule has 3 aromatic carbocycles. The molecule has 0 saturated heterocycles. The van der Waals surface area contributed by atoms with Crippen molar-refractivity contribution in [3.05, 3.63) is 95.7 Å². The second-order valence-electron chi connectivity index (χ2n) is 9.37. The minimum atomic E-state index is -1.27. The number of fused-ring (bicyclic) bond motifs is 1. The van der Waals surface area contributed by atoms with Gasteiger partial charge in [0, 0.05) is 23.1 Å². The number of aromatic nitrogens is 1. The number of para-hydroxylation sites is 2. The molecule has 0 spiro atoms. The summed E-state index contributed by atoms with van der Waals surface area (Å²) in [4.78, 5) is 22.2. The summed E-state index contributed by atoms with van der Waals surface area (Å²) in [5.41, 5.74) is 2.74. The molecule has 8 nitrogen and oxygen atoms in total. The third kappa shape index (κ3) is 10.6. The van der Waals surface area contributed by atoms with Crippen molar-refractivity contribution in [2.45, 2.75) is 38.3 Å². The van der Waals surface area contributed by atoms with E-state index in [1.54, 1.807) is 6.07 Å². The quantitative estimate of drug-likeness (QED) is 0.0918. The Hall–Kier alpha value is -2.56. The molecule has 1 N–H and O–H groups in total. The number of carboxylic acid groups (broad SMARTS) is 2. The van der Waals surface area contributed by atoms with Crippen molar-refractivity contribution < 1.29 is 93.5 Å². The Kier molecular flexibility index (Phi) is 15.4. The summed E-state index contributed by atoms with van der Waals surface area (Å²) in [5.74, 6) is -0.903. The molecule has 0 aliphatic heterocycles. The van der Waals surface area contributed by atoms with Gasteiger partial charge in [-0.2, -0.15) is 0 Å². The predicted molar refractivity (Wildman–Crippen MR) is 148 cm³/mol. The molecule has 208 valence electrons. The molecule has 0 radical (unpaired) electrons. The molecule has 4 aromatic rings. The van der Waals surface area contributed by atoms with E-state index in [4.69, 9.17) is 9.47 Å². The Balaban J connectivity index is 0.00000308. The fourth-order valence-electron chi connectivity index (χ4n) is 4.45. The van der Waals surface area contributed by atoms with Gasteiger partial charge in [-0.3, -0.25) is 0 Å². The molecule has 1 atom stereocenters. The SMILES string of the molecule is O=C([O-])CCC(O)c1cn(CC(=O)[O-])c2c(/C=C/c3ccc(OCCCCOc4ccccc4)cc3)cccc12.[Na+].[Na+]. The van der Waals surface area contributed by atoms with Crippen molar-refractivity contribution in [1.29, 1.82) is 0 Å². The van der Waals surface area contributed by atoms with Gasteiger partial charge in [-0.05, 0) is 61.1 Å². The van der Waals surface area contributed by atoms with E-state index in [0.29, 0.717) is 29.7 Å². The molecule has 42 heavy (non-hydrogen) atoms. The third-order valence-corrected chi connectivity index (χ3v) is 6.40. The van der Waals surface area contributed by atoms with E-state index in [-0.39, 0.29) is 72.0 Å². The zero-order valence-corrected chi connectivity index (χ0v) is 28.0. The largest absolute Gasteiger partial charge is 1.00 e. The second-order valence-corrected chi connectivity index (χ2v) is 9.37. The number of carbonyl (C=O) groups is 2. The van der Waals surface area contributed by atoms with Crippen LogP contribution in [0.15, 0.2) is 79.0 Å². The molecule has 10 heteroatoms. The van der Waals surface area contributed by atoms with Crippen LogP contribution in [0.2, 0.25) is 0 Å². The minimum absolute atomic E-state index is 0. The zero-order chi connectivity index (χ0) is 28.3. The van der Waals surface area contributed by atoms with Crippen LogP contribution >= 0.6 is 0 Å². The van der Waals surface area contributed by atoms with E-state index in [0.717, 1.165) is 35.5 Å². The summed E-state index contributed by atoms with van der Waals surface area (Å²) in [5, 5.41) is 33.5. The Morgan fingerprint density at radius 3 is 2.07 bits per heavy atom. The van der Waals surface area contributed by atoms with Crippen LogP contribution in [0.5, 0.6) is 11.5 Å². The van der Waals surface area contributed by atoms with Crippen molar-refractivity contribution in [1.82, 2.24) is 4.57 Å². The number of hydrogen-bond acceptors (Lipinski definition) is 7. The molecular weight excluding hydrogens is 556 g/mol. The van der Waals surface area contributed by atoms with Crippen LogP contribution in [0.1, 0.15) is 48.5 Å². The number of aliphatic carboxylic acids is 2. The van der Waals surface area contributed by atoms with Crippen molar-refractivity contribution >= 4 is 35.0 Å². The first-order valence-electron chi connectivity index (χ1n) is 13.2. The Bertz CT molecular complexity index is 1450. The van der Waals surface area contributed by atoms with Gasteiger partial charge in [-0.1, -0.05) is 60.7 Å². The maximum atomic E-state index is 11.4. The maximum Gasteiger partial charge on any atom is 1.00 e. The van der Waals surface area contributed by atoms with Gasteiger partial charge in [0.1, 0.15) is 11.5 Å². The summed E-state index contributed by atoms with van der Waals surface area (Å²) in [6.07, 6.45) is 5.64. The molecule has 0 aliphatic rings. The van der Waals surface area contributed by atoms with Crippen LogP contribution in [-0.2, 0) is 16.1 Å². The van der Waals surface area contributed by atoms with Gasteiger partial charge in [0.15, 0.2) is 0 Å². The van der Waals surface area contributed by atoms with Crippen LogP contribution in [0.3, 0.4) is 0 Å². The van der Waals surface area contributed by atoms with E-state index in [9.17, 15) is 24.9 Å². The second kappa shape index (κ2) is 18.2. The monoisotopic (exact) mass is 587 g/mol. The van der Waals surface area contributed by atoms with Crippen molar-refractivity contribution in [2.24, 2.45) is 0 Å². The summed E-state index contributed by atoms with van der Waals surface area (Å²) in [6, 6.07) is 22.8. The summed E-state index contributed by atoms with van der Waals surface area (Å²) in [7, 11) is 0. The fourth-order valence-corrected chi connectivity index (χ4v) is 4.45. The van der Waals surface area contributed by atoms with E-state index in [2.05, 4.69) is 0 Å². The predicted octanol–water partition coefficient (Wildman–Crippen LogP) is -2.63. The maximum absolute atomic E-state index is 11.4. The molecule has 0 bridgehead atoms. The topological polar surface area (TPSA) is 124 Å². The van der Waals surface area contributed by atoms with Gasteiger partial charge in [0.25, 0.3) is 0 Å². The molecule has 0 amide bonds. The summed E-state index contributed by atoms with van der Waals surface area (Å²) >= 11 is 0. The minimum Gasteiger partial charge on any atom is -0.550 e. The van der Waals surface area contributed by atoms with Gasteiger partial charge in [0.2, 0.25) is 0 Å². The number of hydrogen-bond donors (Lipinski definition) is 1. The van der Waals surface area contributed by atoms with Gasteiger partial charge in [0.05, 0.1) is 37.3 Å². The number of carbonyl (C=O) groups excluding carboxylic acids is 2. The van der Waals surface area contributed by atoms with Crippen LogP contribution in [0.25, 0.3) is 23.1 Å². The normalized spacial score (nSPS) is 11.5. The Labute approximate surface area is 289 Å². The Morgan fingerprint density at radius 1 is 0.810 bits per heavy atom. The van der Waals surface area contributed by atoms with Crippen molar-refractivity contribution in [2.75, 3.05) is 13.2 Å². The number of benzene rings is 3. The molecule has 0 fully saturated rings. The number of rotatable bonds is 15. The first-order valence-corrected chi connectivity index (χ1v) is 13.2.